The molecule has 2 aliphatic heterocycles. The van der Waals surface area contributed by atoms with Crippen LogP contribution in [0, 0.1) is 5.82 Å². The van der Waals surface area contributed by atoms with Crippen LogP contribution in [0.1, 0.15) is 29.5 Å². The molecule has 0 aliphatic carbocycles. The first kappa shape index (κ1) is 23.6. The van der Waals surface area contributed by atoms with Gasteiger partial charge in [0.05, 0.1) is 34.8 Å². The summed E-state index contributed by atoms with van der Waals surface area (Å²) < 4.78 is 54.9. The molecule has 2 fully saturated rings. The third-order valence-corrected chi connectivity index (χ3v) is 7.00. The average molecular weight is 505 g/mol. The Morgan fingerprint density at radius 2 is 2.00 bits per heavy atom. The number of hydrogen-bond acceptors (Lipinski definition) is 5. The lowest BCUT2D eigenvalue weighted by molar-refractivity contribution is -0.138. The number of thioether (sulfide) groups is 1. The largest absolute Gasteiger partial charge is 0.416 e. The van der Waals surface area contributed by atoms with Crippen molar-refractivity contribution in [3.63, 3.8) is 0 Å². The summed E-state index contributed by atoms with van der Waals surface area (Å²) in [5.41, 5.74) is 0.114. The Labute approximate surface area is 202 Å². The molecular formula is C24H20F4N4O2S. The normalized spacial score (nSPS) is 20.4. The maximum absolute atomic E-state index is 13.4. The smallest absolute Gasteiger partial charge is 0.315 e. The molecule has 3 heterocycles. The van der Waals surface area contributed by atoms with Crippen molar-refractivity contribution < 1.29 is 27.2 Å². The van der Waals surface area contributed by atoms with E-state index >= 15 is 0 Å². The van der Waals surface area contributed by atoms with Crippen molar-refractivity contribution in [1.82, 2.24) is 20.0 Å². The maximum atomic E-state index is 13.4. The van der Waals surface area contributed by atoms with Gasteiger partial charge in [0, 0.05) is 11.9 Å². The second-order valence-corrected chi connectivity index (χ2v) is 9.46. The molecule has 2 aromatic carbocycles. The van der Waals surface area contributed by atoms with Crippen molar-refractivity contribution >= 4 is 39.9 Å². The SMILES string of the molecule is O=C1S/C(=C\c2ccc3c(cnn3Cc3ccc(F)cc3C(F)(F)F)c2)C(=O)N1[C@@H]1CCCNC1. The highest BCUT2D eigenvalue weighted by molar-refractivity contribution is 8.18. The summed E-state index contributed by atoms with van der Waals surface area (Å²) in [5.74, 6) is -1.28. The lowest BCUT2D eigenvalue weighted by atomic mass is 10.1. The third-order valence-electron chi connectivity index (χ3n) is 6.12. The molecule has 2 saturated heterocycles. The first-order valence-corrected chi connectivity index (χ1v) is 11.8. The van der Waals surface area contributed by atoms with Crippen molar-refractivity contribution in [1.29, 1.82) is 0 Å². The van der Waals surface area contributed by atoms with E-state index in [1.54, 1.807) is 24.3 Å². The lowest BCUT2D eigenvalue weighted by Gasteiger charge is -2.29. The number of aromatic nitrogens is 2. The number of hydrogen-bond donors (Lipinski definition) is 1. The van der Waals surface area contributed by atoms with Gasteiger partial charge in [0.2, 0.25) is 0 Å². The summed E-state index contributed by atoms with van der Waals surface area (Å²) in [5, 5.41) is 7.78. The minimum atomic E-state index is -4.69. The van der Waals surface area contributed by atoms with E-state index in [2.05, 4.69) is 10.4 Å². The molecule has 1 N–H and O–H groups in total. The summed E-state index contributed by atoms with van der Waals surface area (Å²) in [6.45, 7) is 1.27. The molecule has 0 bridgehead atoms. The van der Waals surface area contributed by atoms with Crippen molar-refractivity contribution in [2.45, 2.75) is 31.6 Å². The molecule has 0 spiro atoms. The Kier molecular flexibility index (Phi) is 6.14. The van der Waals surface area contributed by atoms with Gasteiger partial charge in [0.1, 0.15) is 5.82 Å². The molecule has 11 heteroatoms. The Hall–Kier alpha value is -3.18. The molecule has 2 aliphatic rings. The quantitative estimate of drug-likeness (QED) is 0.399. The summed E-state index contributed by atoms with van der Waals surface area (Å²) in [4.78, 5) is 27.0. The van der Waals surface area contributed by atoms with Gasteiger partial charge in [-0.15, -0.1) is 0 Å². The molecule has 182 valence electrons. The van der Waals surface area contributed by atoms with Crippen molar-refractivity contribution in [2.24, 2.45) is 0 Å². The number of carbonyl (C=O) groups is 2. The van der Waals surface area contributed by atoms with Crippen LogP contribution in [0.15, 0.2) is 47.5 Å². The number of piperidine rings is 1. The molecule has 2 amide bonds. The number of alkyl halides is 3. The Morgan fingerprint density at radius 3 is 2.74 bits per heavy atom. The molecule has 6 nitrogen and oxygen atoms in total. The van der Waals surface area contributed by atoms with Crippen molar-refractivity contribution in [3.8, 4) is 0 Å². The van der Waals surface area contributed by atoms with Crippen LogP contribution >= 0.6 is 11.8 Å². The number of benzene rings is 2. The van der Waals surface area contributed by atoms with Gasteiger partial charge in [0.25, 0.3) is 11.1 Å². The average Bonchev–Trinajstić information content (AvgIpc) is 3.34. The number of fused-ring (bicyclic) bond motifs is 1. The lowest BCUT2D eigenvalue weighted by Crippen LogP contribution is -2.47. The summed E-state index contributed by atoms with van der Waals surface area (Å²) in [6, 6.07) is 7.59. The third kappa shape index (κ3) is 4.70. The highest BCUT2D eigenvalue weighted by Gasteiger charge is 2.40. The van der Waals surface area contributed by atoms with Crippen LogP contribution < -0.4 is 5.32 Å². The number of amides is 2. The van der Waals surface area contributed by atoms with E-state index in [1.165, 1.54) is 15.8 Å². The number of nitrogens with zero attached hydrogens (tertiary/aromatic N) is 3. The van der Waals surface area contributed by atoms with Crippen LogP contribution in [0.3, 0.4) is 0 Å². The number of imide groups is 1. The highest BCUT2D eigenvalue weighted by atomic mass is 32.2. The van der Waals surface area contributed by atoms with Gasteiger partial charge in [-0.1, -0.05) is 12.1 Å². The maximum Gasteiger partial charge on any atom is 0.416 e. The van der Waals surface area contributed by atoms with Crippen LogP contribution in [0.4, 0.5) is 22.4 Å². The Balaban J connectivity index is 1.40. The molecule has 1 aromatic heterocycles. The molecule has 0 saturated carbocycles. The van der Waals surface area contributed by atoms with E-state index in [-0.39, 0.29) is 29.3 Å². The molecule has 3 aromatic rings. The zero-order valence-corrected chi connectivity index (χ0v) is 19.1. The topological polar surface area (TPSA) is 67.2 Å². The molecule has 0 radical (unpaired) electrons. The van der Waals surface area contributed by atoms with E-state index in [9.17, 15) is 27.2 Å². The zero-order chi connectivity index (χ0) is 24.7. The van der Waals surface area contributed by atoms with E-state index in [1.807, 2.05) is 0 Å². The van der Waals surface area contributed by atoms with E-state index < -0.39 is 17.6 Å². The Bertz CT molecular complexity index is 1350. The van der Waals surface area contributed by atoms with Gasteiger partial charge in [-0.2, -0.15) is 18.3 Å². The fraction of sp³-hybridized carbons (Fsp3) is 0.292. The van der Waals surface area contributed by atoms with Crippen molar-refractivity contribution in [2.75, 3.05) is 13.1 Å². The van der Waals surface area contributed by atoms with Gasteiger partial charge >= 0.3 is 6.18 Å². The number of halogens is 4. The predicted octanol–water partition coefficient (Wildman–Crippen LogP) is 5.03. The highest BCUT2D eigenvalue weighted by Crippen LogP contribution is 2.36. The standard InChI is InChI=1S/C24H20F4N4O2S/c25-17-5-4-15(19(10-17)24(26,27)28)13-31-20-6-3-14(8-16(20)11-30-31)9-21-22(33)32(23(34)35-21)18-2-1-7-29-12-18/h3-6,8-11,18,29H,1-2,7,12-13H2/b21-9-/t18-/m1/s1. The predicted molar refractivity (Wildman–Crippen MR) is 124 cm³/mol. The summed E-state index contributed by atoms with van der Waals surface area (Å²) >= 11 is 0.900. The van der Waals surface area contributed by atoms with E-state index in [4.69, 9.17) is 0 Å². The monoisotopic (exact) mass is 504 g/mol. The summed E-state index contributed by atoms with van der Waals surface area (Å²) in [7, 11) is 0. The first-order valence-electron chi connectivity index (χ1n) is 11.0. The Morgan fingerprint density at radius 1 is 1.17 bits per heavy atom. The molecule has 5 rings (SSSR count). The molecule has 35 heavy (non-hydrogen) atoms. The number of carbonyl (C=O) groups excluding carboxylic acids is 2. The number of nitrogens with one attached hydrogen (secondary N) is 1. The van der Waals surface area contributed by atoms with Crippen LogP contribution in [-0.2, 0) is 17.5 Å². The van der Waals surface area contributed by atoms with Crippen molar-refractivity contribution in [3.05, 3.63) is 70.0 Å². The van der Waals surface area contributed by atoms with Crippen LogP contribution in [-0.4, -0.2) is 45.0 Å². The van der Waals surface area contributed by atoms with Gasteiger partial charge in [-0.3, -0.25) is 19.2 Å². The van der Waals surface area contributed by atoms with Gasteiger partial charge in [-0.05, 0) is 72.6 Å². The second kappa shape index (κ2) is 9.12. The minimum Gasteiger partial charge on any atom is -0.315 e. The van der Waals surface area contributed by atoms with E-state index in [0.29, 0.717) is 34.0 Å². The van der Waals surface area contributed by atoms with Gasteiger partial charge in [-0.25, -0.2) is 4.39 Å². The molecule has 1 atom stereocenters. The second-order valence-electron chi connectivity index (χ2n) is 8.47. The first-order chi connectivity index (χ1) is 16.7. The van der Waals surface area contributed by atoms with Gasteiger partial charge < -0.3 is 5.32 Å². The minimum absolute atomic E-state index is 0.0983. The number of rotatable bonds is 4. The summed E-state index contributed by atoms with van der Waals surface area (Å²) in [6.07, 6.45) is 0.134. The fourth-order valence-electron chi connectivity index (χ4n) is 4.43. The van der Waals surface area contributed by atoms with Crippen LogP contribution in [0.2, 0.25) is 0 Å². The zero-order valence-electron chi connectivity index (χ0n) is 18.3. The van der Waals surface area contributed by atoms with Crippen LogP contribution in [0.25, 0.3) is 17.0 Å². The van der Waals surface area contributed by atoms with E-state index in [0.717, 1.165) is 43.3 Å². The molecule has 0 unspecified atom stereocenters. The van der Waals surface area contributed by atoms with Gasteiger partial charge in [0.15, 0.2) is 0 Å². The molecular weight excluding hydrogens is 484 g/mol. The van der Waals surface area contributed by atoms with Crippen LogP contribution in [0.5, 0.6) is 0 Å². The fourth-order valence-corrected chi connectivity index (χ4v) is 5.33.